The molecule has 8 nitrogen and oxygen atoms in total. The third-order valence-electron chi connectivity index (χ3n) is 5.19. The van der Waals surface area contributed by atoms with E-state index in [1.165, 1.54) is 47.1 Å². The van der Waals surface area contributed by atoms with Crippen molar-refractivity contribution in [1.82, 2.24) is 15.1 Å². The molecule has 4 rings (SSSR count). The van der Waals surface area contributed by atoms with Gasteiger partial charge in [0, 0.05) is 37.6 Å². The van der Waals surface area contributed by atoms with Gasteiger partial charge in [-0.2, -0.15) is 8.78 Å². The van der Waals surface area contributed by atoms with Crippen LogP contribution in [-0.2, 0) is 9.59 Å². The Kier molecular flexibility index (Phi) is 6.68. The molecule has 35 heavy (non-hydrogen) atoms. The minimum absolute atomic E-state index is 0.0244. The van der Waals surface area contributed by atoms with Gasteiger partial charge < -0.3 is 20.1 Å². The molecule has 2 N–H and O–H groups in total. The van der Waals surface area contributed by atoms with Crippen LogP contribution in [0.4, 0.5) is 19.0 Å². The standard InChI is InChI=1S/C24H23F3N4O4/c1-3-34-16-7-8-18(25)20(11-16)31-19(14-5-4-6-17(9-14)35-24(2,26)27)12-21(30-31)29-23(33)15-10-22(32)28-13-15/h4-9,11-12,15H,3,10,13H2,1-2H3,(H,28,32)(H,29,30,33)/t15-/m0/s1. The topological polar surface area (TPSA) is 94.5 Å². The fraction of sp³-hybridized carbons (Fsp3) is 0.292. The number of anilines is 1. The quantitative estimate of drug-likeness (QED) is 0.497. The summed E-state index contributed by atoms with van der Waals surface area (Å²) >= 11 is 0. The van der Waals surface area contributed by atoms with Crippen LogP contribution in [0.2, 0.25) is 0 Å². The van der Waals surface area contributed by atoms with Crippen molar-refractivity contribution in [3.63, 3.8) is 0 Å². The van der Waals surface area contributed by atoms with Gasteiger partial charge in [-0.15, -0.1) is 5.10 Å². The molecular formula is C24H23F3N4O4. The highest BCUT2D eigenvalue weighted by atomic mass is 19.3. The smallest absolute Gasteiger partial charge is 0.394 e. The molecule has 0 unspecified atom stereocenters. The zero-order valence-corrected chi connectivity index (χ0v) is 19.0. The first-order chi connectivity index (χ1) is 16.6. The summed E-state index contributed by atoms with van der Waals surface area (Å²) in [6.07, 6.45) is -3.35. The Morgan fingerprint density at radius 1 is 1.23 bits per heavy atom. The summed E-state index contributed by atoms with van der Waals surface area (Å²) in [6.45, 7) is 2.97. The summed E-state index contributed by atoms with van der Waals surface area (Å²) in [5.41, 5.74) is 0.716. The van der Waals surface area contributed by atoms with Crippen LogP contribution in [-0.4, -0.2) is 40.9 Å². The molecule has 0 bridgehead atoms. The van der Waals surface area contributed by atoms with Crippen LogP contribution in [0.25, 0.3) is 16.9 Å². The molecule has 0 saturated carbocycles. The van der Waals surface area contributed by atoms with Crippen LogP contribution >= 0.6 is 0 Å². The van der Waals surface area contributed by atoms with Gasteiger partial charge in [0.15, 0.2) is 5.82 Å². The molecule has 3 aromatic rings. The van der Waals surface area contributed by atoms with Crippen molar-refractivity contribution in [2.24, 2.45) is 5.92 Å². The second-order valence-electron chi connectivity index (χ2n) is 8.00. The Balaban J connectivity index is 1.76. The SMILES string of the molecule is CCOc1ccc(F)c(-n2nc(NC(=O)[C@@H]3CNC(=O)C3)cc2-c2cccc(OC(C)(F)F)c2)c1. The maximum Gasteiger partial charge on any atom is 0.394 e. The minimum Gasteiger partial charge on any atom is -0.494 e. The predicted octanol–water partition coefficient (Wildman–Crippen LogP) is 4.14. The van der Waals surface area contributed by atoms with Crippen molar-refractivity contribution in [3.05, 3.63) is 54.3 Å². The number of aromatic nitrogens is 2. The lowest BCUT2D eigenvalue weighted by Crippen LogP contribution is -2.24. The summed E-state index contributed by atoms with van der Waals surface area (Å²) in [4.78, 5) is 24.1. The van der Waals surface area contributed by atoms with Crippen molar-refractivity contribution in [2.45, 2.75) is 26.4 Å². The minimum atomic E-state index is -3.40. The molecule has 1 fully saturated rings. The number of halogens is 3. The zero-order chi connectivity index (χ0) is 25.2. The number of hydrogen-bond donors (Lipinski definition) is 2. The highest BCUT2D eigenvalue weighted by molar-refractivity contribution is 5.97. The third kappa shape index (κ3) is 5.73. The van der Waals surface area contributed by atoms with Gasteiger partial charge in [-0.25, -0.2) is 9.07 Å². The number of ether oxygens (including phenoxy) is 2. The Morgan fingerprint density at radius 3 is 2.71 bits per heavy atom. The average molecular weight is 488 g/mol. The van der Waals surface area contributed by atoms with Gasteiger partial charge in [0.2, 0.25) is 11.8 Å². The molecule has 2 aromatic carbocycles. The number of benzene rings is 2. The van der Waals surface area contributed by atoms with Crippen molar-refractivity contribution >= 4 is 17.6 Å². The molecule has 0 aliphatic carbocycles. The molecule has 0 radical (unpaired) electrons. The van der Waals surface area contributed by atoms with Crippen LogP contribution in [0.3, 0.4) is 0 Å². The van der Waals surface area contributed by atoms with Gasteiger partial charge >= 0.3 is 6.11 Å². The first-order valence-electron chi connectivity index (χ1n) is 10.9. The van der Waals surface area contributed by atoms with Gasteiger partial charge in [0.1, 0.15) is 23.0 Å². The van der Waals surface area contributed by atoms with Crippen LogP contribution in [0.1, 0.15) is 20.3 Å². The summed E-state index contributed by atoms with van der Waals surface area (Å²) in [5.74, 6) is -1.45. The summed E-state index contributed by atoms with van der Waals surface area (Å²) in [6, 6.07) is 11.5. The lowest BCUT2D eigenvalue weighted by atomic mass is 10.1. The molecule has 0 spiro atoms. The number of rotatable bonds is 8. The highest BCUT2D eigenvalue weighted by Crippen LogP contribution is 2.32. The first kappa shape index (κ1) is 24.1. The molecule has 1 aromatic heterocycles. The predicted molar refractivity (Wildman–Crippen MR) is 121 cm³/mol. The van der Waals surface area contributed by atoms with Crippen molar-refractivity contribution in [1.29, 1.82) is 0 Å². The van der Waals surface area contributed by atoms with E-state index >= 15 is 0 Å². The Morgan fingerprint density at radius 2 is 2.03 bits per heavy atom. The van der Waals surface area contributed by atoms with Crippen LogP contribution < -0.4 is 20.1 Å². The van der Waals surface area contributed by atoms with Gasteiger partial charge in [-0.05, 0) is 31.2 Å². The maximum absolute atomic E-state index is 14.9. The fourth-order valence-corrected chi connectivity index (χ4v) is 3.69. The first-order valence-corrected chi connectivity index (χ1v) is 10.9. The van der Waals surface area contributed by atoms with Crippen molar-refractivity contribution in [3.8, 4) is 28.4 Å². The highest BCUT2D eigenvalue weighted by Gasteiger charge is 2.29. The fourth-order valence-electron chi connectivity index (χ4n) is 3.69. The number of carbonyl (C=O) groups is 2. The Labute approximate surface area is 199 Å². The molecular weight excluding hydrogens is 465 g/mol. The van der Waals surface area contributed by atoms with Crippen LogP contribution in [0.5, 0.6) is 11.5 Å². The van der Waals surface area contributed by atoms with Gasteiger partial charge in [0.05, 0.1) is 18.2 Å². The van der Waals surface area contributed by atoms with E-state index in [0.717, 1.165) is 0 Å². The molecule has 1 aliphatic rings. The number of nitrogens with one attached hydrogen (secondary N) is 2. The van der Waals surface area contributed by atoms with E-state index in [0.29, 0.717) is 30.5 Å². The van der Waals surface area contributed by atoms with E-state index in [1.54, 1.807) is 13.0 Å². The van der Waals surface area contributed by atoms with E-state index in [4.69, 9.17) is 4.74 Å². The van der Waals surface area contributed by atoms with Crippen LogP contribution in [0, 0.1) is 11.7 Å². The Bertz CT molecular complexity index is 1260. The lowest BCUT2D eigenvalue weighted by Gasteiger charge is -2.14. The lowest BCUT2D eigenvalue weighted by molar-refractivity contribution is -0.158. The monoisotopic (exact) mass is 488 g/mol. The van der Waals surface area contributed by atoms with Gasteiger partial charge in [0.25, 0.3) is 0 Å². The Hall–Kier alpha value is -4.02. The molecule has 1 aliphatic heterocycles. The third-order valence-corrected chi connectivity index (χ3v) is 5.19. The summed E-state index contributed by atoms with van der Waals surface area (Å²) < 4.78 is 53.1. The average Bonchev–Trinajstić information content (AvgIpc) is 3.41. The second kappa shape index (κ2) is 9.69. The normalized spacial score (nSPS) is 15.6. The van der Waals surface area contributed by atoms with E-state index in [1.807, 2.05) is 0 Å². The molecule has 1 saturated heterocycles. The van der Waals surface area contributed by atoms with E-state index < -0.39 is 23.8 Å². The molecule has 2 heterocycles. The second-order valence-corrected chi connectivity index (χ2v) is 8.00. The summed E-state index contributed by atoms with van der Waals surface area (Å²) in [5, 5.41) is 9.59. The van der Waals surface area contributed by atoms with Crippen molar-refractivity contribution < 1.29 is 32.2 Å². The van der Waals surface area contributed by atoms with Gasteiger partial charge in [-0.3, -0.25) is 9.59 Å². The number of alkyl halides is 2. The summed E-state index contributed by atoms with van der Waals surface area (Å²) in [7, 11) is 0. The zero-order valence-electron chi connectivity index (χ0n) is 19.0. The van der Waals surface area contributed by atoms with Crippen LogP contribution in [0.15, 0.2) is 48.5 Å². The number of carbonyl (C=O) groups excluding carboxylic acids is 2. The van der Waals surface area contributed by atoms with E-state index in [9.17, 15) is 22.8 Å². The molecule has 11 heteroatoms. The number of nitrogens with zero attached hydrogens (tertiary/aromatic N) is 2. The molecule has 184 valence electrons. The number of amides is 2. The molecule has 2 amide bonds. The maximum atomic E-state index is 14.9. The van der Waals surface area contributed by atoms with Gasteiger partial charge in [-0.1, -0.05) is 12.1 Å². The number of hydrogen-bond acceptors (Lipinski definition) is 5. The van der Waals surface area contributed by atoms with E-state index in [2.05, 4.69) is 20.5 Å². The van der Waals surface area contributed by atoms with E-state index in [-0.39, 0.29) is 36.1 Å². The largest absolute Gasteiger partial charge is 0.494 e. The van der Waals surface area contributed by atoms with Crippen molar-refractivity contribution in [2.75, 3.05) is 18.5 Å². The molecule has 1 atom stereocenters.